The molecule has 0 saturated carbocycles. The number of ether oxygens (including phenoxy) is 2. The largest absolute Gasteiger partial charge is 0.336 e. The van der Waals surface area contributed by atoms with Gasteiger partial charge < -0.3 is 9.47 Å². The molecular weight excluding hydrogens is 234 g/mol. The summed E-state index contributed by atoms with van der Waals surface area (Å²) in [5, 5.41) is 0. The molecule has 1 saturated heterocycles. The number of para-hydroxylation sites is 1. The Morgan fingerprint density at radius 1 is 1.33 bits per heavy atom. The van der Waals surface area contributed by atoms with E-state index < -0.39 is 5.79 Å². The van der Waals surface area contributed by atoms with Crippen LogP contribution in [0.15, 0.2) is 24.3 Å². The van der Waals surface area contributed by atoms with Gasteiger partial charge in [0.1, 0.15) is 5.78 Å². The maximum Gasteiger partial charge on any atom is 0.292 e. The highest BCUT2D eigenvalue weighted by Gasteiger charge is 2.55. The molecule has 1 fully saturated rings. The molecule has 0 bridgehead atoms. The van der Waals surface area contributed by atoms with E-state index in [0.29, 0.717) is 24.5 Å². The van der Waals surface area contributed by atoms with Gasteiger partial charge in [-0.25, -0.2) is 0 Å². The molecule has 5 heteroatoms. The van der Waals surface area contributed by atoms with Crippen molar-refractivity contribution in [2.45, 2.75) is 12.7 Å². The molecule has 94 valence electrons. The number of benzene rings is 1. The molecular formula is C13H13NO4. The van der Waals surface area contributed by atoms with Crippen LogP contribution in [0.2, 0.25) is 0 Å². The molecule has 0 atom stereocenters. The zero-order valence-electron chi connectivity index (χ0n) is 10.0. The number of ketones is 1. The Morgan fingerprint density at radius 2 is 2.00 bits per heavy atom. The fraction of sp³-hybridized carbons (Fsp3) is 0.385. The first-order valence-electron chi connectivity index (χ1n) is 5.84. The lowest BCUT2D eigenvalue weighted by Gasteiger charge is -2.21. The zero-order chi connectivity index (χ0) is 12.8. The summed E-state index contributed by atoms with van der Waals surface area (Å²) in [4.78, 5) is 25.2. The molecule has 2 aliphatic heterocycles. The van der Waals surface area contributed by atoms with E-state index in [2.05, 4.69) is 0 Å². The number of anilines is 1. The second-order valence-electron chi connectivity index (χ2n) is 4.42. The number of nitrogens with zero attached hydrogens (tertiary/aromatic N) is 1. The maximum absolute atomic E-state index is 12.4. The summed E-state index contributed by atoms with van der Waals surface area (Å²) in [7, 11) is 0. The summed E-state index contributed by atoms with van der Waals surface area (Å²) in [5.74, 6) is -1.71. The van der Waals surface area contributed by atoms with Crippen molar-refractivity contribution in [2.24, 2.45) is 0 Å². The number of hydrogen-bond acceptors (Lipinski definition) is 4. The molecule has 1 aromatic rings. The number of Topliss-reactive ketones (excluding diaryl/α,β-unsaturated/α-hetero) is 1. The minimum absolute atomic E-state index is 0.0459. The highest BCUT2D eigenvalue weighted by atomic mass is 16.7. The number of hydrogen-bond donors (Lipinski definition) is 0. The van der Waals surface area contributed by atoms with Crippen LogP contribution in [-0.2, 0) is 24.8 Å². The molecule has 1 spiro atoms. The quantitative estimate of drug-likeness (QED) is 0.776. The molecule has 1 aromatic carbocycles. The minimum atomic E-state index is -1.33. The number of fused-ring (bicyclic) bond motifs is 2. The highest BCUT2D eigenvalue weighted by Crippen LogP contribution is 2.45. The third-order valence-corrected chi connectivity index (χ3v) is 3.15. The van der Waals surface area contributed by atoms with Gasteiger partial charge in [-0.1, -0.05) is 18.2 Å². The van der Waals surface area contributed by atoms with Crippen molar-refractivity contribution < 1.29 is 19.1 Å². The summed E-state index contributed by atoms with van der Waals surface area (Å²) in [5.41, 5.74) is 1.38. The number of rotatable bonds is 2. The zero-order valence-corrected chi connectivity index (χ0v) is 10.0. The van der Waals surface area contributed by atoms with E-state index in [1.807, 2.05) is 12.1 Å². The van der Waals surface area contributed by atoms with Crippen LogP contribution in [0, 0.1) is 0 Å². The molecule has 5 nitrogen and oxygen atoms in total. The Bertz CT molecular complexity index is 519. The van der Waals surface area contributed by atoms with Crippen molar-refractivity contribution in [2.75, 3.05) is 24.7 Å². The van der Waals surface area contributed by atoms with Crippen LogP contribution in [0.25, 0.3) is 0 Å². The highest BCUT2D eigenvalue weighted by molar-refractivity contribution is 6.09. The van der Waals surface area contributed by atoms with E-state index in [0.717, 1.165) is 0 Å². The van der Waals surface area contributed by atoms with Gasteiger partial charge in [0, 0.05) is 5.56 Å². The molecule has 2 heterocycles. The van der Waals surface area contributed by atoms with E-state index in [1.165, 1.54) is 11.8 Å². The van der Waals surface area contributed by atoms with Crippen LogP contribution in [-0.4, -0.2) is 31.4 Å². The minimum Gasteiger partial charge on any atom is -0.336 e. The first kappa shape index (κ1) is 11.4. The van der Waals surface area contributed by atoms with Crippen molar-refractivity contribution in [3.8, 4) is 0 Å². The molecule has 0 unspecified atom stereocenters. The molecule has 1 amide bonds. The summed E-state index contributed by atoms with van der Waals surface area (Å²) in [6.45, 7) is 2.27. The molecule has 2 aliphatic rings. The molecule has 0 aliphatic carbocycles. The van der Waals surface area contributed by atoms with E-state index in [9.17, 15) is 9.59 Å². The van der Waals surface area contributed by atoms with Crippen molar-refractivity contribution in [3.05, 3.63) is 29.8 Å². The van der Waals surface area contributed by atoms with Gasteiger partial charge in [-0.15, -0.1) is 0 Å². The monoisotopic (exact) mass is 247 g/mol. The van der Waals surface area contributed by atoms with Crippen LogP contribution in [0.1, 0.15) is 12.5 Å². The maximum atomic E-state index is 12.4. The van der Waals surface area contributed by atoms with Gasteiger partial charge in [0.05, 0.1) is 25.4 Å². The van der Waals surface area contributed by atoms with Crippen LogP contribution >= 0.6 is 0 Å². The predicted molar refractivity (Wildman–Crippen MR) is 63.1 cm³/mol. The molecule has 0 aromatic heterocycles. The van der Waals surface area contributed by atoms with E-state index in [4.69, 9.17) is 9.47 Å². The number of amides is 1. The van der Waals surface area contributed by atoms with Crippen LogP contribution in [0.5, 0.6) is 0 Å². The van der Waals surface area contributed by atoms with Gasteiger partial charge in [-0.05, 0) is 13.0 Å². The van der Waals surface area contributed by atoms with Gasteiger partial charge in [-0.3, -0.25) is 14.5 Å². The molecule has 0 N–H and O–H groups in total. The van der Waals surface area contributed by atoms with Gasteiger partial charge in [0.25, 0.3) is 11.7 Å². The fourth-order valence-corrected chi connectivity index (χ4v) is 2.46. The van der Waals surface area contributed by atoms with Crippen molar-refractivity contribution in [3.63, 3.8) is 0 Å². The molecule has 3 rings (SSSR count). The first-order chi connectivity index (χ1) is 8.65. The predicted octanol–water partition coefficient (Wildman–Crippen LogP) is 0.822. The normalized spacial score (nSPS) is 20.5. The number of carbonyl (C=O) groups is 2. The second-order valence-corrected chi connectivity index (χ2v) is 4.42. The van der Waals surface area contributed by atoms with Gasteiger partial charge in [-0.2, -0.15) is 0 Å². The van der Waals surface area contributed by atoms with Crippen LogP contribution < -0.4 is 4.90 Å². The summed E-state index contributed by atoms with van der Waals surface area (Å²) < 4.78 is 11.1. The molecule has 0 radical (unpaired) electrons. The summed E-state index contributed by atoms with van der Waals surface area (Å²) in [6, 6.07) is 7.26. The molecule has 18 heavy (non-hydrogen) atoms. The lowest BCUT2D eigenvalue weighted by molar-refractivity contribution is -0.180. The Morgan fingerprint density at radius 3 is 2.67 bits per heavy atom. The van der Waals surface area contributed by atoms with E-state index >= 15 is 0 Å². The lowest BCUT2D eigenvalue weighted by Crippen LogP contribution is -2.42. The van der Waals surface area contributed by atoms with Crippen molar-refractivity contribution in [1.29, 1.82) is 0 Å². The average Bonchev–Trinajstić information content (AvgIpc) is 2.92. The van der Waals surface area contributed by atoms with Gasteiger partial charge in [0.2, 0.25) is 0 Å². The lowest BCUT2D eigenvalue weighted by atomic mass is 10.1. The van der Waals surface area contributed by atoms with Crippen LogP contribution in [0.3, 0.4) is 0 Å². The standard InChI is InChI=1S/C13H13NO4/c1-9(15)8-14-11-5-3-2-4-10(11)13(12(14)16)17-6-7-18-13/h2-5H,6-8H2,1H3. The van der Waals surface area contributed by atoms with Crippen molar-refractivity contribution in [1.82, 2.24) is 0 Å². The average molecular weight is 247 g/mol. The summed E-state index contributed by atoms with van der Waals surface area (Å²) in [6.07, 6.45) is 0. The van der Waals surface area contributed by atoms with Crippen molar-refractivity contribution >= 4 is 17.4 Å². The summed E-state index contributed by atoms with van der Waals surface area (Å²) >= 11 is 0. The first-order valence-corrected chi connectivity index (χ1v) is 5.84. The van der Waals surface area contributed by atoms with Gasteiger partial charge >= 0.3 is 0 Å². The Balaban J connectivity index is 2.11. The topological polar surface area (TPSA) is 55.8 Å². The fourth-order valence-electron chi connectivity index (χ4n) is 2.46. The van der Waals surface area contributed by atoms with E-state index in [-0.39, 0.29) is 18.2 Å². The Labute approximate surface area is 104 Å². The Kier molecular flexibility index (Phi) is 2.46. The number of carbonyl (C=O) groups excluding carboxylic acids is 2. The third kappa shape index (κ3) is 1.41. The second kappa shape index (κ2) is 3.90. The van der Waals surface area contributed by atoms with Crippen LogP contribution in [0.4, 0.5) is 5.69 Å². The van der Waals surface area contributed by atoms with E-state index in [1.54, 1.807) is 12.1 Å². The smallest absolute Gasteiger partial charge is 0.292 e. The van der Waals surface area contributed by atoms with Gasteiger partial charge in [0.15, 0.2) is 0 Å². The third-order valence-electron chi connectivity index (χ3n) is 3.15. The SMILES string of the molecule is CC(=O)CN1C(=O)C2(OCCO2)c2ccccc21. The Hall–Kier alpha value is -1.72.